The second kappa shape index (κ2) is 6.06. The fourth-order valence-electron chi connectivity index (χ4n) is 1.77. The molecule has 0 aliphatic rings. The summed E-state index contributed by atoms with van der Waals surface area (Å²) in [6.45, 7) is 0. The van der Waals surface area contributed by atoms with Crippen LogP contribution in [0.25, 0.3) is 0 Å². The van der Waals surface area contributed by atoms with Crippen molar-refractivity contribution in [2.24, 2.45) is 0 Å². The predicted octanol–water partition coefficient (Wildman–Crippen LogP) is 2.10. The molecule has 1 heterocycles. The molecule has 0 radical (unpaired) electrons. The number of pyridine rings is 1. The van der Waals surface area contributed by atoms with Gasteiger partial charge in [-0.25, -0.2) is 0 Å². The summed E-state index contributed by atoms with van der Waals surface area (Å²) in [6, 6.07) is 10.6. The van der Waals surface area contributed by atoms with Gasteiger partial charge in [-0.2, -0.15) is 14.3 Å². The van der Waals surface area contributed by atoms with E-state index in [4.69, 9.17) is 9.47 Å². The minimum absolute atomic E-state index is 0.155. The Labute approximate surface area is 118 Å². The summed E-state index contributed by atoms with van der Waals surface area (Å²) in [4.78, 5) is 13.9. The molecule has 0 aliphatic carbocycles. The van der Waals surface area contributed by atoms with Crippen molar-refractivity contribution < 1.29 is 18.8 Å². The number of carbonyl (C=O) groups is 1. The number of carbonyl (C=O) groups excluding carboxylic acids is 1. The molecule has 0 saturated carbocycles. The van der Waals surface area contributed by atoms with Gasteiger partial charge in [-0.05, 0) is 24.3 Å². The maximum atomic E-state index is 12.3. The first-order valence-corrected chi connectivity index (χ1v) is 6.13. The van der Waals surface area contributed by atoms with Crippen LogP contribution in [0.5, 0.6) is 11.5 Å². The van der Waals surface area contributed by atoms with E-state index in [0.717, 1.165) is 11.4 Å². The molecule has 1 aromatic carbocycles. The number of ether oxygens (including phenoxy) is 2. The molecule has 5 heteroatoms. The van der Waals surface area contributed by atoms with E-state index in [1.807, 2.05) is 24.3 Å². The first-order valence-electron chi connectivity index (χ1n) is 6.13. The number of hydrogen-bond acceptors (Lipinski definition) is 3. The standard InChI is InChI=1S/C15H17N2O3/c1-16(12-4-6-13(19-2)7-5-12)15(18)17-10-8-14(20-3)9-11-17/h4-11H,1-3H3/q+1. The second-order valence-electron chi connectivity index (χ2n) is 4.18. The molecule has 0 saturated heterocycles. The summed E-state index contributed by atoms with van der Waals surface area (Å²) >= 11 is 0. The molecule has 104 valence electrons. The first-order chi connectivity index (χ1) is 9.65. The lowest BCUT2D eigenvalue weighted by atomic mass is 10.3. The van der Waals surface area contributed by atoms with Gasteiger partial charge in [0.1, 0.15) is 29.6 Å². The molecular formula is C15H17N2O3+. The minimum atomic E-state index is -0.155. The van der Waals surface area contributed by atoms with E-state index in [-0.39, 0.29) is 6.03 Å². The van der Waals surface area contributed by atoms with E-state index in [0.29, 0.717) is 5.75 Å². The number of aromatic nitrogens is 1. The monoisotopic (exact) mass is 273 g/mol. The van der Waals surface area contributed by atoms with Gasteiger partial charge in [-0.1, -0.05) is 0 Å². The van der Waals surface area contributed by atoms with Gasteiger partial charge in [-0.15, -0.1) is 0 Å². The van der Waals surface area contributed by atoms with Gasteiger partial charge in [0.25, 0.3) is 0 Å². The third-order valence-electron chi connectivity index (χ3n) is 3.00. The average Bonchev–Trinajstić information content (AvgIpc) is 2.53. The van der Waals surface area contributed by atoms with Gasteiger partial charge in [-0.3, -0.25) is 0 Å². The Balaban J connectivity index is 2.17. The Morgan fingerprint density at radius 3 is 1.95 bits per heavy atom. The lowest BCUT2D eigenvalue weighted by Crippen LogP contribution is -2.50. The van der Waals surface area contributed by atoms with Crippen molar-refractivity contribution in [1.29, 1.82) is 0 Å². The van der Waals surface area contributed by atoms with Crippen molar-refractivity contribution in [3.8, 4) is 11.5 Å². The predicted molar refractivity (Wildman–Crippen MR) is 75.4 cm³/mol. The van der Waals surface area contributed by atoms with Crippen LogP contribution < -0.4 is 18.9 Å². The summed E-state index contributed by atoms with van der Waals surface area (Å²) in [6.07, 6.45) is 3.34. The molecule has 0 spiro atoms. The number of amides is 1. The molecule has 1 amide bonds. The molecule has 0 fully saturated rings. The summed E-state index contributed by atoms with van der Waals surface area (Å²) in [5, 5.41) is 0. The Morgan fingerprint density at radius 2 is 1.45 bits per heavy atom. The summed E-state index contributed by atoms with van der Waals surface area (Å²) in [5.74, 6) is 1.47. The summed E-state index contributed by atoms with van der Waals surface area (Å²) in [7, 11) is 4.92. The zero-order valence-corrected chi connectivity index (χ0v) is 11.7. The molecule has 0 bridgehead atoms. The fraction of sp³-hybridized carbons (Fsp3) is 0.200. The maximum absolute atomic E-state index is 12.3. The Hall–Kier alpha value is -2.56. The van der Waals surface area contributed by atoms with Crippen molar-refractivity contribution in [2.45, 2.75) is 0 Å². The SMILES string of the molecule is COc1ccc(N(C)C(=O)[n+]2ccc(OC)cc2)cc1. The van der Waals surface area contributed by atoms with E-state index in [1.54, 1.807) is 50.7 Å². The quantitative estimate of drug-likeness (QED) is 0.804. The molecule has 2 aromatic rings. The lowest BCUT2D eigenvalue weighted by molar-refractivity contribution is -0.569. The smallest absolute Gasteiger partial charge is 0.497 e. The van der Waals surface area contributed by atoms with Crippen molar-refractivity contribution in [3.05, 3.63) is 48.8 Å². The highest BCUT2D eigenvalue weighted by Crippen LogP contribution is 2.18. The van der Waals surface area contributed by atoms with Gasteiger partial charge >= 0.3 is 6.03 Å². The second-order valence-corrected chi connectivity index (χ2v) is 4.18. The van der Waals surface area contributed by atoms with Crippen LogP contribution in [-0.2, 0) is 0 Å². The molecule has 2 rings (SSSR count). The van der Waals surface area contributed by atoms with Gasteiger partial charge in [0.2, 0.25) is 0 Å². The van der Waals surface area contributed by atoms with Gasteiger partial charge < -0.3 is 9.47 Å². The fourth-order valence-corrected chi connectivity index (χ4v) is 1.77. The third-order valence-corrected chi connectivity index (χ3v) is 3.00. The van der Waals surface area contributed by atoms with Crippen LogP contribution in [0.2, 0.25) is 0 Å². The number of benzene rings is 1. The molecule has 0 N–H and O–H groups in total. The van der Waals surface area contributed by atoms with Gasteiger partial charge in [0.05, 0.1) is 21.3 Å². The Kier molecular flexibility index (Phi) is 4.20. The summed E-state index contributed by atoms with van der Waals surface area (Å²) < 4.78 is 11.7. The number of nitrogens with zero attached hydrogens (tertiary/aromatic N) is 2. The highest BCUT2D eigenvalue weighted by Gasteiger charge is 2.22. The van der Waals surface area contributed by atoms with Crippen molar-refractivity contribution >= 4 is 11.7 Å². The first kappa shape index (κ1) is 13.9. The Morgan fingerprint density at radius 1 is 0.950 bits per heavy atom. The number of hydrogen-bond donors (Lipinski definition) is 0. The third kappa shape index (κ3) is 2.88. The largest absolute Gasteiger partial charge is 0.502 e. The van der Waals surface area contributed by atoms with E-state index in [9.17, 15) is 4.79 Å². The van der Waals surface area contributed by atoms with E-state index in [1.165, 1.54) is 4.57 Å². The number of anilines is 1. The van der Waals surface area contributed by atoms with Crippen molar-refractivity contribution in [2.75, 3.05) is 26.2 Å². The van der Waals surface area contributed by atoms with Crippen LogP contribution in [0.1, 0.15) is 0 Å². The van der Waals surface area contributed by atoms with E-state index >= 15 is 0 Å². The Bertz CT molecular complexity index is 579. The van der Waals surface area contributed by atoms with E-state index in [2.05, 4.69) is 0 Å². The summed E-state index contributed by atoms with van der Waals surface area (Å²) in [5.41, 5.74) is 0.791. The molecule has 0 aliphatic heterocycles. The minimum Gasteiger partial charge on any atom is -0.497 e. The van der Waals surface area contributed by atoms with Crippen LogP contribution in [0.3, 0.4) is 0 Å². The van der Waals surface area contributed by atoms with Gasteiger partial charge in [0.15, 0.2) is 0 Å². The zero-order chi connectivity index (χ0) is 14.5. The molecule has 5 nitrogen and oxygen atoms in total. The molecule has 0 atom stereocenters. The molecule has 0 unspecified atom stereocenters. The van der Waals surface area contributed by atoms with Crippen LogP contribution in [-0.4, -0.2) is 27.3 Å². The number of rotatable bonds is 3. The van der Waals surface area contributed by atoms with Crippen LogP contribution in [0.15, 0.2) is 48.8 Å². The van der Waals surface area contributed by atoms with Crippen molar-refractivity contribution in [1.82, 2.24) is 0 Å². The number of methoxy groups -OCH3 is 2. The van der Waals surface area contributed by atoms with Crippen molar-refractivity contribution in [3.63, 3.8) is 0 Å². The highest BCUT2D eigenvalue weighted by atomic mass is 16.5. The normalized spacial score (nSPS) is 9.95. The van der Waals surface area contributed by atoms with E-state index < -0.39 is 0 Å². The van der Waals surface area contributed by atoms with Crippen LogP contribution in [0.4, 0.5) is 10.5 Å². The van der Waals surface area contributed by atoms with Crippen LogP contribution in [0, 0.1) is 0 Å². The molecule has 20 heavy (non-hydrogen) atoms. The van der Waals surface area contributed by atoms with Crippen LogP contribution >= 0.6 is 0 Å². The maximum Gasteiger partial charge on any atom is 0.502 e. The molecule has 1 aromatic heterocycles. The highest BCUT2D eigenvalue weighted by molar-refractivity contribution is 5.84. The topological polar surface area (TPSA) is 42.7 Å². The zero-order valence-electron chi connectivity index (χ0n) is 11.7. The lowest BCUT2D eigenvalue weighted by Gasteiger charge is -2.10. The molecular weight excluding hydrogens is 256 g/mol. The van der Waals surface area contributed by atoms with Gasteiger partial charge in [0, 0.05) is 12.1 Å². The average molecular weight is 273 g/mol.